The van der Waals surface area contributed by atoms with Crippen molar-refractivity contribution in [3.63, 3.8) is 0 Å². The van der Waals surface area contributed by atoms with E-state index in [0.717, 1.165) is 24.3 Å². The van der Waals surface area contributed by atoms with Crippen LogP contribution in [0.2, 0.25) is 58.9 Å². The number of nitrogens with zero attached hydrogens (tertiary/aromatic N) is 9. The van der Waals surface area contributed by atoms with E-state index in [2.05, 4.69) is 99.0 Å². The van der Waals surface area contributed by atoms with Gasteiger partial charge in [0.25, 0.3) is 0 Å². The number of benzene rings is 5. The first-order valence-electron chi connectivity index (χ1n) is 22.2. The van der Waals surface area contributed by atoms with Crippen molar-refractivity contribution < 1.29 is 34.0 Å². The van der Waals surface area contributed by atoms with E-state index in [0.29, 0.717) is 30.9 Å². The number of rotatable bonds is 15. The molecular weight excluding hydrogens is 909 g/mol. The summed E-state index contributed by atoms with van der Waals surface area (Å²) in [5, 5.41) is 17.7. The summed E-state index contributed by atoms with van der Waals surface area (Å²) >= 11 is 0. The highest BCUT2D eigenvalue weighted by Crippen LogP contribution is 2.29. The minimum Gasteiger partial charge on any atom is -0.544 e. The molecule has 2 heterocycles. The van der Waals surface area contributed by atoms with Gasteiger partial charge in [0.15, 0.2) is 22.7 Å². The number of carboxylic acid groups (broad SMARTS) is 1. The zero-order valence-electron chi connectivity index (χ0n) is 40.8. The normalized spacial score (nSPS) is 15.4. The van der Waals surface area contributed by atoms with Crippen molar-refractivity contribution in [1.29, 1.82) is 0 Å². The molecule has 2 fully saturated rings. The summed E-state index contributed by atoms with van der Waals surface area (Å²) in [6, 6.07) is 48.0. The predicted octanol–water partition coefficient (Wildman–Crippen LogP) is 12.1. The number of carbonyl (C=O) groups is 1. The van der Waals surface area contributed by atoms with E-state index < -0.39 is 36.9 Å². The number of hydrogen-bond acceptors (Lipinski definition) is 9. The second kappa shape index (κ2) is 31.1. The number of ether oxygens (including phenoxy) is 2. The Morgan fingerprint density at radius 3 is 1.34 bits per heavy atom. The van der Waals surface area contributed by atoms with Crippen LogP contribution in [0.5, 0.6) is 0 Å². The SMILES string of the molecule is C[Si](C)(C)N=[N+]=[N-].C[Si](C)(C)OC[C@@H](N=[N+]=[N-])c1ccccc1.C[Si](C)(C)O[C@@H](CN=[N+]=[N-])c1ccccc1.[NH3+][C@H](C(=O)[O-])c1ccccc1.c1ccc(C2CO2)cc1.c1ccc([C@@H]2CO2)cc1. The van der Waals surface area contributed by atoms with Crippen LogP contribution in [0.15, 0.2) is 167 Å². The van der Waals surface area contributed by atoms with Gasteiger partial charge in [0.2, 0.25) is 0 Å². The largest absolute Gasteiger partial charge is 0.544 e. The van der Waals surface area contributed by atoms with Gasteiger partial charge in [-0.2, -0.15) is 0 Å². The zero-order chi connectivity index (χ0) is 50.4. The molecule has 5 aromatic carbocycles. The number of carboxylic acids is 1. The van der Waals surface area contributed by atoms with Crippen LogP contribution < -0.4 is 10.8 Å². The lowest BCUT2D eigenvalue weighted by Gasteiger charge is -2.25. The summed E-state index contributed by atoms with van der Waals surface area (Å²) in [5.74, 6) is -1.14. The minimum absolute atomic E-state index is 0.122. The molecule has 0 amide bonds. The Kier molecular flexibility index (Phi) is 26.5. The fraction of sp³-hybridized carbons (Fsp3) is 0.367. The van der Waals surface area contributed by atoms with Crippen LogP contribution >= 0.6 is 0 Å². The Morgan fingerprint density at radius 2 is 1.03 bits per heavy atom. The fourth-order valence-corrected chi connectivity index (χ4v) is 7.44. The van der Waals surface area contributed by atoms with Crippen molar-refractivity contribution >= 4 is 30.8 Å². The van der Waals surface area contributed by atoms with Crippen molar-refractivity contribution in [3.8, 4) is 0 Å². The van der Waals surface area contributed by atoms with E-state index >= 15 is 0 Å². The molecule has 0 saturated carbocycles. The highest BCUT2D eigenvalue weighted by molar-refractivity contribution is 6.74. The molecule has 1 unspecified atom stereocenters. The van der Waals surface area contributed by atoms with Gasteiger partial charge in [-0.05, 0) is 83.0 Å². The molecule has 2 aliphatic heterocycles. The second-order valence-corrected chi connectivity index (χ2v) is 31.7. The number of azide groups is 3. The molecule has 5 aromatic rings. The van der Waals surface area contributed by atoms with E-state index in [-0.39, 0.29) is 12.1 Å². The van der Waals surface area contributed by atoms with Crippen molar-refractivity contribution in [3.05, 3.63) is 211 Å². The molecule has 68 heavy (non-hydrogen) atoms. The molecular formula is C49H68N10O6Si3. The lowest BCUT2D eigenvalue weighted by atomic mass is 10.1. The van der Waals surface area contributed by atoms with Gasteiger partial charge in [-0.1, -0.05) is 182 Å². The lowest BCUT2D eigenvalue weighted by Crippen LogP contribution is -2.60. The van der Waals surface area contributed by atoms with Crippen molar-refractivity contribution in [2.45, 2.75) is 89.3 Å². The Bertz CT molecular complexity index is 2250. The lowest BCUT2D eigenvalue weighted by molar-refractivity contribution is -0.443. The molecule has 16 nitrogen and oxygen atoms in total. The average molecular weight is 977 g/mol. The third-order valence-electron chi connectivity index (χ3n) is 8.87. The second-order valence-electron chi connectivity index (χ2n) is 18.2. The summed E-state index contributed by atoms with van der Waals surface area (Å²) < 4.78 is 25.5. The fourth-order valence-electron chi connectivity index (χ4n) is 5.45. The predicted molar refractivity (Wildman–Crippen MR) is 275 cm³/mol. The number of carbonyl (C=O) groups excluding carboxylic acids is 1. The maximum absolute atomic E-state index is 10.3. The Labute approximate surface area is 404 Å². The summed E-state index contributed by atoms with van der Waals surface area (Å²) in [6.45, 7) is 21.3. The molecule has 0 spiro atoms. The van der Waals surface area contributed by atoms with Gasteiger partial charge in [0.05, 0.1) is 31.9 Å². The number of quaternary nitrogens is 1. The molecule has 0 aliphatic carbocycles. The Morgan fingerprint density at radius 1 is 0.632 bits per heavy atom. The van der Waals surface area contributed by atoms with Gasteiger partial charge < -0.3 is 34.0 Å². The number of epoxide rings is 2. The summed E-state index contributed by atoms with van der Waals surface area (Å²) in [5.41, 5.74) is 33.6. The molecule has 2 aliphatic rings. The van der Waals surface area contributed by atoms with Gasteiger partial charge >= 0.3 is 0 Å². The van der Waals surface area contributed by atoms with Crippen LogP contribution in [0.1, 0.15) is 58.2 Å². The number of hydrogen-bond donors (Lipinski definition) is 1. The third kappa shape index (κ3) is 28.2. The van der Waals surface area contributed by atoms with Gasteiger partial charge in [0.1, 0.15) is 26.4 Å². The van der Waals surface area contributed by atoms with E-state index in [9.17, 15) is 9.90 Å². The molecule has 0 bridgehead atoms. The Hall–Kier alpha value is -6.05. The van der Waals surface area contributed by atoms with Gasteiger partial charge in [-0.25, -0.2) is 0 Å². The molecule has 0 aromatic heterocycles. The maximum atomic E-state index is 10.3. The first-order chi connectivity index (χ1) is 32.3. The minimum atomic E-state index is -1.64. The van der Waals surface area contributed by atoms with Gasteiger partial charge in [-0.15, -0.1) is 4.78 Å². The molecule has 2 saturated heterocycles. The summed E-state index contributed by atoms with van der Waals surface area (Å²) in [6.07, 6.45) is 0.696. The standard InChI is InChI=1S/2C11H17N3OSi.C8H9NO2.2C8H8O.C3H9N3Si/c1-16(2,3)15-9-11(13-14-12)10-7-5-4-6-8-10;1-16(2,3)15-11(9-13-14-12)10-7-5-4-6-8-10;9-7(8(10)11)6-4-2-1-3-5-6;2*1-2-4-7(5-3-1)8-6-9-8;1-7(2,3)6-5-4/h2*4-8,11H,9H2,1-3H3;1-5,7H,9H2,(H,10,11);2*1-5,8H,6H2;1-3H3/t2*11-;7-;8-;;/m1000../s1. The van der Waals surface area contributed by atoms with E-state index in [4.69, 9.17) is 34.9 Å². The monoisotopic (exact) mass is 976 g/mol. The van der Waals surface area contributed by atoms with Crippen molar-refractivity contribution in [2.24, 2.45) is 15.0 Å². The first kappa shape index (κ1) is 58.1. The van der Waals surface area contributed by atoms with E-state index in [1.807, 2.05) is 123 Å². The zero-order valence-corrected chi connectivity index (χ0v) is 43.8. The smallest absolute Gasteiger partial charge is 0.184 e. The van der Waals surface area contributed by atoms with Crippen LogP contribution in [0.3, 0.4) is 0 Å². The van der Waals surface area contributed by atoms with Gasteiger partial charge in [-0.3, -0.25) is 0 Å². The Balaban J connectivity index is 0.000000287. The molecule has 0 radical (unpaired) electrons. The van der Waals surface area contributed by atoms with Crippen LogP contribution in [0.25, 0.3) is 31.3 Å². The average Bonchev–Trinajstić information content (AvgIpc) is 4.26. The summed E-state index contributed by atoms with van der Waals surface area (Å²) in [7, 11) is -4.65. The van der Waals surface area contributed by atoms with Crippen LogP contribution in [-0.4, -0.2) is 57.2 Å². The highest BCUT2D eigenvalue weighted by atomic mass is 28.4. The third-order valence-corrected chi connectivity index (χ3v) is 11.6. The van der Waals surface area contributed by atoms with Crippen molar-refractivity contribution in [1.82, 2.24) is 0 Å². The highest BCUT2D eigenvalue weighted by Gasteiger charge is 2.25. The van der Waals surface area contributed by atoms with E-state index in [1.165, 1.54) is 11.1 Å². The van der Waals surface area contributed by atoms with Gasteiger partial charge in [0, 0.05) is 22.0 Å². The number of aliphatic carboxylic acids is 1. The van der Waals surface area contributed by atoms with Crippen LogP contribution in [-0.2, 0) is 23.1 Å². The molecule has 362 valence electrons. The molecule has 19 heteroatoms. The van der Waals surface area contributed by atoms with Crippen LogP contribution in [0.4, 0.5) is 0 Å². The quantitative estimate of drug-likeness (QED) is 0.0350. The topological polar surface area (TPSA) is 258 Å². The molecule has 7 rings (SSSR count). The maximum Gasteiger partial charge on any atom is 0.184 e. The molecule has 3 N–H and O–H groups in total. The first-order valence-corrected chi connectivity index (χ1v) is 32.5. The summed E-state index contributed by atoms with van der Waals surface area (Å²) in [4.78, 5) is 18.7. The van der Waals surface area contributed by atoms with E-state index in [1.54, 1.807) is 24.3 Å². The van der Waals surface area contributed by atoms with Crippen LogP contribution in [0, 0.1) is 0 Å². The van der Waals surface area contributed by atoms with Crippen molar-refractivity contribution in [2.75, 3.05) is 26.4 Å². The molecule has 5 atom stereocenters.